The van der Waals surface area contributed by atoms with Crippen molar-refractivity contribution in [3.8, 4) is 0 Å². The van der Waals surface area contributed by atoms with E-state index >= 15 is 0 Å². The Morgan fingerprint density at radius 2 is 1.54 bits per heavy atom. The van der Waals surface area contributed by atoms with Gasteiger partial charge in [0, 0.05) is 11.1 Å². The van der Waals surface area contributed by atoms with Crippen LogP contribution in [0.2, 0.25) is 5.02 Å². The maximum Gasteiger partial charge on any atom is 0.279 e. The molecule has 1 saturated carbocycles. The fourth-order valence-corrected chi connectivity index (χ4v) is 6.61. The molecule has 5 nitrogen and oxygen atoms in total. The van der Waals surface area contributed by atoms with E-state index in [0.29, 0.717) is 11.1 Å². The van der Waals surface area contributed by atoms with Gasteiger partial charge in [-0.1, -0.05) is 91.0 Å². The first-order valence-corrected chi connectivity index (χ1v) is 14.0. The molecule has 3 aromatic rings. The molecule has 7 heteroatoms. The predicted octanol–water partition coefficient (Wildman–Crippen LogP) is 6.09. The van der Waals surface area contributed by atoms with E-state index in [0.717, 1.165) is 35.2 Å². The number of hydrogen-bond acceptors (Lipinski definition) is 4. The number of benzene rings is 3. The van der Waals surface area contributed by atoms with Crippen molar-refractivity contribution >= 4 is 27.3 Å². The Morgan fingerprint density at radius 1 is 0.886 bits per heavy atom. The lowest BCUT2D eigenvalue weighted by Crippen LogP contribution is -2.48. The van der Waals surface area contributed by atoms with Gasteiger partial charge in [0.15, 0.2) is 0 Å². The molecule has 2 aliphatic rings. The lowest BCUT2D eigenvalue weighted by molar-refractivity contribution is 0.291. The smallest absolute Gasteiger partial charge is 0.279 e. The molecule has 5 rings (SSSR count). The highest BCUT2D eigenvalue weighted by Gasteiger charge is 2.45. The lowest BCUT2D eigenvalue weighted by Gasteiger charge is -2.32. The normalized spacial score (nSPS) is 21.2. The standard InChI is InChI=1S/C28H30ClN3O2S/c1-20-12-18-25(19-13-20)35(33,34)32-28(22-8-4-2-5-9-22)27(30-24-10-6-3-7-11-24)26(31-32)21-14-16-23(29)17-15-21/h2,4-5,8-9,12-19,24,27-28,30H,3,6-7,10-11H2,1H3/t27-,28+/m0/s1. The molecule has 1 aliphatic heterocycles. The zero-order chi connectivity index (χ0) is 24.4. The van der Waals surface area contributed by atoms with Gasteiger partial charge in [0.25, 0.3) is 10.0 Å². The number of nitrogens with one attached hydrogen (secondary N) is 1. The SMILES string of the molecule is Cc1ccc(S(=O)(=O)N2N=C(c3ccc(Cl)cc3)[C@H](NC3CCCCC3)[C@H]2c2ccccc2)cc1. The lowest BCUT2D eigenvalue weighted by atomic mass is 9.90. The minimum atomic E-state index is -3.90. The molecule has 0 aromatic heterocycles. The molecular formula is C28H30ClN3O2S. The average Bonchev–Trinajstić information content (AvgIpc) is 3.26. The number of sulfonamides is 1. The van der Waals surface area contributed by atoms with Gasteiger partial charge in [-0.25, -0.2) is 0 Å². The van der Waals surface area contributed by atoms with Crippen molar-refractivity contribution in [1.29, 1.82) is 0 Å². The molecule has 1 heterocycles. The summed E-state index contributed by atoms with van der Waals surface area (Å²) in [5.41, 5.74) is 3.50. The van der Waals surface area contributed by atoms with Gasteiger partial charge in [0.1, 0.15) is 6.04 Å². The topological polar surface area (TPSA) is 61.8 Å². The van der Waals surface area contributed by atoms with Gasteiger partial charge in [-0.15, -0.1) is 0 Å². The van der Waals surface area contributed by atoms with Crippen LogP contribution in [0.4, 0.5) is 0 Å². The molecule has 0 radical (unpaired) electrons. The molecule has 0 spiro atoms. The molecule has 182 valence electrons. The Hall–Kier alpha value is -2.67. The van der Waals surface area contributed by atoms with Crippen LogP contribution in [-0.4, -0.2) is 30.6 Å². The van der Waals surface area contributed by atoms with Crippen LogP contribution in [0.1, 0.15) is 54.8 Å². The molecule has 1 aliphatic carbocycles. The van der Waals surface area contributed by atoms with E-state index in [2.05, 4.69) is 5.32 Å². The van der Waals surface area contributed by atoms with Crippen LogP contribution in [0.3, 0.4) is 0 Å². The molecular weight excluding hydrogens is 478 g/mol. The molecule has 3 aromatic carbocycles. The summed E-state index contributed by atoms with van der Waals surface area (Å²) in [4.78, 5) is 0.238. The quantitative estimate of drug-likeness (QED) is 0.439. The van der Waals surface area contributed by atoms with E-state index in [1.807, 2.05) is 73.7 Å². The third-order valence-corrected chi connectivity index (χ3v) is 8.84. The zero-order valence-electron chi connectivity index (χ0n) is 19.8. The summed E-state index contributed by atoms with van der Waals surface area (Å²) in [5, 5.41) is 9.27. The third kappa shape index (κ3) is 5.01. The number of aryl methyl sites for hydroxylation is 1. The monoisotopic (exact) mass is 507 g/mol. The molecule has 1 N–H and O–H groups in total. The van der Waals surface area contributed by atoms with Gasteiger partial charge in [0.05, 0.1) is 16.6 Å². The Kier molecular flexibility index (Phi) is 6.96. The van der Waals surface area contributed by atoms with Crippen molar-refractivity contribution in [1.82, 2.24) is 9.73 Å². The maximum absolute atomic E-state index is 14.0. The highest BCUT2D eigenvalue weighted by molar-refractivity contribution is 7.89. The summed E-state index contributed by atoms with van der Waals surface area (Å²) in [6.07, 6.45) is 5.77. The summed E-state index contributed by atoms with van der Waals surface area (Å²) in [6.45, 7) is 1.94. The van der Waals surface area contributed by atoms with E-state index in [1.54, 1.807) is 12.1 Å². The van der Waals surface area contributed by atoms with Gasteiger partial charge in [0.2, 0.25) is 0 Å². The Balaban J connectivity index is 1.64. The second-order valence-electron chi connectivity index (χ2n) is 9.42. The largest absolute Gasteiger partial charge is 0.304 e. The first kappa shape index (κ1) is 24.0. The van der Waals surface area contributed by atoms with Crippen LogP contribution >= 0.6 is 11.6 Å². The van der Waals surface area contributed by atoms with E-state index in [1.165, 1.54) is 23.7 Å². The fourth-order valence-electron chi connectivity index (χ4n) is 5.05. The number of rotatable bonds is 6. The number of halogens is 1. The van der Waals surface area contributed by atoms with Crippen molar-refractivity contribution in [3.63, 3.8) is 0 Å². The van der Waals surface area contributed by atoms with Gasteiger partial charge < -0.3 is 5.32 Å². The van der Waals surface area contributed by atoms with Gasteiger partial charge in [-0.2, -0.15) is 17.9 Å². The second-order valence-corrected chi connectivity index (χ2v) is 11.6. The van der Waals surface area contributed by atoms with Crippen molar-refractivity contribution in [2.24, 2.45) is 5.10 Å². The average molecular weight is 508 g/mol. The van der Waals surface area contributed by atoms with Crippen LogP contribution in [0, 0.1) is 6.92 Å². The molecule has 0 unspecified atom stereocenters. The highest BCUT2D eigenvalue weighted by atomic mass is 35.5. The first-order valence-electron chi connectivity index (χ1n) is 12.2. The Labute approximate surface area is 212 Å². The minimum Gasteiger partial charge on any atom is -0.304 e. The number of nitrogens with zero attached hydrogens (tertiary/aromatic N) is 2. The van der Waals surface area contributed by atoms with Gasteiger partial charge >= 0.3 is 0 Å². The van der Waals surface area contributed by atoms with Crippen molar-refractivity contribution < 1.29 is 8.42 Å². The van der Waals surface area contributed by atoms with Gasteiger partial charge in [-0.05, 0) is 55.2 Å². The van der Waals surface area contributed by atoms with E-state index < -0.39 is 16.1 Å². The van der Waals surface area contributed by atoms with E-state index in [-0.39, 0.29) is 10.9 Å². The molecule has 0 saturated heterocycles. The fraction of sp³-hybridized carbons (Fsp3) is 0.321. The Morgan fingerprint density at radius 3 is 2.20 bits per heavy atom. The molecule has 0 amide bonds. The van der Waals surface area contributed by atoms with E-state index in [4.69, 9.17) is 16.7 Å². The van der Waals surface area contributed by atoms with Crippen LogP contribution in [0.15, 0.2) is 88.9 Å². The summed E-state index contributed by atoms with van der Waals surface area (Å²) < 4.78 is 29.3. The predicted molar refractivity (Wildman–Crippen MR) is 141 cm³/mol. The number of hydrogen-bond donors (Lipinski definition) is 1. The maximum atomic E-state index is 14.0. The van der Waals surface area contributed by atoms with Crippen molar-refractivity contribution in [2.45, 2.75) is 62.0 Å². The summed E-state index contributed by atoms with van der Waals surface area (Å²) in [5.74, 6) is 0. The Bertz CT molecular complexity index is 1290. The van der Waals surface area contributed by atoms with Crippen LogP contribution in [0.5, 0.6) is 0 Å². The van der Waals surface area contributed by atoms with Crippen molar-refractivity contribution in [2.75, 3.05) is 0 Å². The van der Waals surface area contributed by atoms with E-state index in [9.17, 15) is 8.42 Å². The van der Waals surface area contributed by atoms with Crippen molar-refractivity contribution in [3.05, 3.63) is 101 Å². The summed E-state index contributed by atoms with van der Waals surface area (Å²) in [7, 11) is -3.90. The summed E-state index contributed by atoms with van der Waals surface area (Å²) >= 11 is 6.17. The third-order valence-electron chi connectivity index (χ3n) is 6.92. The first-order chi connectivity index (χ1) is 16.9. The zero-order valence-corrected chi connectivity index (χ0v) is 21.3. The highest BCUT2D eigenvalue weighted by Crippen LogP contribution is 2.38. The van der Waals surface area contributed by atoms with Crippen LogP contribution < -0.4 is 5.32 Å². The summed E-state index contributed by atoms with van der Waals surface area (Å²) in [6, 6.07) is 23.8. The molecule has 35 heavy (non-hydrogen) atoms. The van der Waals surface area contributed by atoms with Crippen LogP contribution in [0.25, 0.3) is 0 Å². The molecule has 2 atom stereocenters. The number of hydrazone groups is 1. The van der Waals surface area contributed by atoms with Crippen LogP contribution in [-0.2, 0) is 10.0 Å². The van der Waals surface area contributed by atoms with Gasteiger partial charge in [-0.3, -0.25) is 0 Å². The minimum absolute atomic E-state index is 0.238. The molecule has 1 fully saturated rings. The molecule has 0 bridgehead atoms. The second kappa shape index (κ2) is 10.1.